The summed E-state index contributed by atoms with van der Waals surface area (Å²) < 4.78 is 0. The average Bonchev–Trinajstić information content (AvgIpc) is 1.95. The number of rotatable bonds is 1. The SMILES string of the molecule is CCC1CCNC(=O)N1C. The molecule has 1 N–H and O–H groups in total. The monoisotopic (exact) mass is 142 g/mol. The highest BCUT2D eigenvalue weighted by Gasteiger charge is 2.21. The molecule has 10 heavy (non-hydrogen) atoms. The van der Waals surface area contributed by atoms with Crippen LogP contribution in [0.25, 0.3) is 0 Å². The first-order chi connectivity index (χ1) is 4.75. The zero-order valence-electron chi connectivity index (χ0n) is 6.55. The Hall–Kier alpha value is -0.730. The summed E-state index contributed by atoms with van der Waals surface area (Å²) in [5, 5.41) is 2.78. The summed E-state index contributed by atoms with van der Waals surface area (Å²) in [5.74, 6) is 0. The zero-order valence-corrected chi connectivity index (χ0v) is 6.55. The number of hydrogen-bond donors (Lipinski definition) is 1. The van der Waals surface area contributed by atoms with Gasteiger partial charge >= 0.3 is 6.03 Å². The van der Waals surface area contributed by atoms with Crippen LogP contribution in [0.2, 0.25) is 0 Å². The number of nitrogens with one attached hydrogen (secondary N) is 1. The molecule has 1 aliphatic heterocycles. The van der Waals surface area contributed by atoms with Crippen LogP contribution in [0.5, 0.6) is 0 Å². The minimum Gasteiger partial charge on any atom is -0.338 e. The molecule has 2 amide bonds. The van der Waals surface area contributed by atoms with Crippen molar-refractivity contribution in [3.8, 4) is 0 Å². The molecule has 0 aliphatic carbocycles. The van der Waals surface area contributed by atoms with Crippen LogP contribution < -0.4 is 5.32 Å². The Bertz CT molecular complexity index is 136. The second-order valence-corrected chi connectivity index (χ2v) is 2.69. The van der Waals surface area contributed by atoms with Gasteiger partial charge in [-0.2, -0.15) is 0 Å². The minimum absolute atomic E-state index is 0.0677. The predicted molar refractivity (Wildman–Crippen MR) is 39.9 cm³/mol. The van der Waals surface area contributed by atoms with E-state index in [2.05, 4.69) is 12.2 Å². The van der Waals surface area contributed by atoms with Gasteiger partial charge in [-0.25, -0.2) is 4.79 Å². The third kappa shape index (κ3) is 1.23. The zero-order chi connectivity index (χ0) is 7.56. The molecule has 0 saturated carbocycles. The third-order valence-corrected chi connectivity index (χ3v) is 2.09. The molecule has 0 aromatic heterocycles. The van der Waals surface area contributed by atoms with Crippen molar-refractivity contribution in [3.63, 3.8) is 0 Å². The van der Waals surface area contributed by atoms with Gasteiger partial charge in [0, 0.05) is 19.6 Å². The highest BCUT2D eigenvalue weighted by Crippen LogP contribution is 2.09. The number of carbonyl (C=O) groups excluding carboxylic acids is 1. The predicted octanol–water partition coefficient (Wildman–Crippen LogP) is 0.810. The summed E-state index contributed by atoms with van der Waals surface area (Å²) in [7, 11) is 1.85. The van der Waals surface area contributed by atoms with Crippen molar-refractivity contribution in [1.82, 2.24) is 10.2 Å². The van der Waals surface area contributed by atoms with E-state index in [1.165, 1.54) is 0 Å². The van der Waals surface area contributed by atoms with Crippen molar-refractivity contribution in [3.05, 3.63) is 0 Å². The van der Waals surface area contributed by atoms with E-state index in [0.717, 1.165) is 19.4 Å². The Morgan fingerprint density at radius 3 is 3.00 bits per heavy atom. The van der Waals surface area contributed by atoms with Crippen LogP contribution in [0.1, 0.15) is 19.8 Å². The van der Waals surface area contributed by atoms with E-state index < -0.39 is 0 Å². The second kappa shape index (κ2) is 2.90. The molecule has 3 heteroatoms. The van der Waals surface area contributed by atoms with Gasteiger partial charge in [0.2, 0.25) is 0 Å². The van der Waals surface area contributed by atoms with Gasteiger partial charge < -0.3 is 10.2 Å². The quantitative estimate of drug-likeness (QED) is 0.577. The molecular formula is C7H14N2O. The third-order valence-electron chi connectivity index (χ3n) is 2.09. The van der Waals surface area contributed by atoms with Crippen LogP contribution in [0.15, 0.2) is 0 Å². The number of urea groups is 1. The highest BCUT2D eigenvalue weighted by molar-refractivity contribution is 5.74. The lowest BCUT2D eigenvalue weighted by Crippen LogP contribution is -2.49. The van der Waals surface area contributed by atoms with Crippen molar-refractivity contribution in [2.24, 2.45) is 0 Å². The Morgan fingerprint density at radius 2 is 2.50 bits per heavy atom. The number of nitrogens with zero attached hydrogens (tertiary/aromatic N) is 1. The second-order valence-electron chi connectivity index (χ2n) is 2.69. The average molecular weight is 142 g/mol. The van der Waals surface area contributed by atoms with Crippen molar-refractivity contribution in [1.29, 1.82) is 0 Å². The Kier molecular flexibility index (Phi) is 2.14. The van der Waals surface area contributed by atoms with Gasteiger partial charge in [0.05, 0.1) is 0 Å². The molecule has 0 bridgehead atoms. The fourth-order valence-corrected chi connectivity index (χ4v) is 1.31. The molecule has 0 spiro atoms. The van der Waals surface area contributed by atoms with Gasteiger partial charge in [-0.15, -0.1) is 0 Å². The first-order valence-corrected chi connectivity index (χ1v) is 3.76. The maximum absolute atomic E-state index is 11.0. The number of hydrogen-bond acceptors (Lipinski definition) is 1. The molecule has 1 heterocycles. The standard InChI is InChI=1S/C7H14N2O/c1-3-6-4-5-8-7(10)9(6)2/h6H,3-5H2,1-2H3,(H,8,10). The molecule has 0 radical (unpaired) electrons. The smallest absolute Gasteiger partial charge is 0.317 e. The van der Waals surface area contributed by atoms with E-state index in [0.29, 0.717) is 6.04 Å². The molecular weight excluding hydrogens is 128 g/mol. The van der Waals surface area contributed by atoms with Gasteiger partial charge in [0.15, 0.2) is 0 Å². The number of amides is 2. The summed E-state index contributed by atoms with van der Waals surface area (Å²) >= 11 is 0. The van der Waals surface area contributed by atoms with E-state index in [1.54, 1.807) is 4.90 Å². The molecule has 1 unspecified atom stereocenters. The lowest BCUT2D eigenvalue weighted by molar-refractivity contribution is 0.169. The fourth-order valence-electron chi connectivity index (χ4n) is 1.31. The Morgan fingerprint density at radius 1 is 1.80 bits per heavy atom. The first-order valence-electron chi connectivity index (χ1n) is 3.76. The summed E-state index contributed by atoms with van der Waals surface area (Å²) in [6.45, 7) is 2.95. The van der Waals surface area contributed by atoms with Gasteiger partial charge in [-0.1, -0.05) is 6.92 Å². The summed E-state index contributed by atoms with van der Waals surface area (Å²) in [6, 6.07) is 0.520. The van der Waals surface area contributed by atoms with Crippen LogP contribution in [0.3, 0.4) is 0 Å². The van der Waals surface area contributed by atoms with E-state index in [9.17, 15) is 4.79 Å². The lowest BCUT2D eigenvalue weighted by atomic mass is 10.1. The Balaban J connectivity index is 2.51. The molecule has 0 aromatic rings. The first kappa shape index (κ1) is 7.38. The molecule has 0 aromatic carbocycles. The highest BCUT2D eigenvalue weighted by atomic mass is 16.2. The lowest BCUT2D eigenvalue weighted by Gasteiger charge is -2.32. The van der Waals surface area contributed by atoms with Crippen LogP contribution in [0.4, 0.5) is 4.79 Å². The van der Waals surface area contributed by atoms with Crippen LogP contribution >= 0.6 is 0 Å². The fraction of sp³-hybridized carbons (Fsp3) is 0.857. The van der Waals surface area contributed by atoms with Crippen LogP contribution in [-0.2, 0) is 0 Å². The normalized spacial score (nSPS) is 26.4. The summed E-state index contributed by atoms with van der Waals surface area (Å²) in [4.78, 5) is 12.8. The van der Waals surface area contributed by atoms with E-state index in [4.69, 9.17) is 0 Å². The van der Waals surface area contributed by atoms with Crippen LogP contribution in [-0.4, -0.2) is 30.6 Å². The van der Waals surface area contributed by atoms with Crippen molar-refractivity contribution >= 4 is 6.03 Å². The molecule has 1 atom stereocenters. The maximum atomic E-state index is 11.0. The van der Waals surface area contributed by atoms with E-state index >= 15 is 0 Å². The summed E-state index contributed by atoms with van der Waals surface area (Å²) in [5.41, 5.74) is 0. The Labute approximate surface area is 61.4 Å². The van der Waals surface area contributed by atoms with E-state index in [-0.39, 0.29) is 6.03 Å². The minimum atomic E-state index is 0.0677. The van der Waals surface area contributed by atoms with Gasteiger partial charge in [-0.05, 0) is 12.8 Å². The maximum Gasteiger partial charge on any atom is 0.317 e. The molecule has 1 rings (SSSR count). The molecule has 1 saturated heterocycles. The number of carbonyl (C=O) groups is 1. The largest absolute Gasteiger partial charge is 0.338 e. The molecule has 1 fully saturated rings. The van der Waals surface area contributed by atoms with Crippen molar-refractivity contribution in [2.45, 2.75) is 25.8 Å². The topological polar surface area (TPSA) is 32.3 Å². The van der Waals surface area contributed by atoms with Crippen molar-refractivity contribution < 1.29 is 4.79 Å². The van der Waals surface area contributed by atoms with Crippen LogP contribution in [0, 0.1) is 0 Å². The van der Waals surface area contributed by atoms with Gasteiger partial charge in [0.1, 0.15) is 0 Å². The molecule has 3 nitrogen and oxygen atoms in total. The molecule has 58 valence electrons. The van der Waals surface area contributed by atoms with Gasteiger partial charge in [0.25, 0.3) is 0 Å². The van der Waals surface area contributed by atoms with E-state index in [1.807, 2.05) is 7.05 Å². The van der Waals surface area contributed by atoms with Gasteiger partial charge in [-0.3, -0.25) is 0 Å². The molecule has 1 aliphatic rings. The van der Waals surface area contributed by atoms with Crippen molar-refractivity contribution in [2.75, 3.05) is 13.6 Å². The summed E-state index contributed by atoms with van der Waals surface area (Å²) in [6.07, 6.45) is 2.14.